The van der Waals surface area contributed by atoms with Crippen molar-refractivity contribution in [3.63, 3.8) is 0 Å². The summed E-state index contributed by atoms with van der Waals surface area (Å²) >= 11 is 0. The number of aliphatic hydroxyl groups is 1. The number of hydrogen-bond donors (Lipinski definition) is 2. The molecule has 0 aliphatic carbocycles. The third kappa shape index (κ3) is 8.24. The molecule has 0 aromatic rings. The van der Waals surface area contributed by atoms with E-state index in [2.05, 4.69) is 13.0 Å². The van der Waals surface area contributed by atoms with Gasteiger partial charge in [-0.15, -0.1) is 0 Å². The zero-order valence-corrected chi connectivity index (χ0v) is 15.2. The number of aliphatic carboxylic acids is 1. The van der Waals surface area contributed by atoms with E-state index in [0.717, 1.165) is 44.9 Å². The number of carboxylic acids is 1. The van der Waals surface area contributed by atoms with Crippen LogP contribution in [0.15, 0.2) is 24.3 Å². The summed E-state index contributed by atoms with van der Waals surface area (Å²) in [5.41, 5.74) is 0. The summed E-state index contributed by atoms with van der Waals surface area (Å²) in [6, 6.07) is 0. The van der Waals surface area contributed by atoms with Gasteiger partial charge in [-0.3, -0.25) is 4.79 Å². The Morgan fingerprint density at radius 1 is 1.23 bits per heavy atom. The van der Waals surface area contributed by atoms with Crippen LogP contribution in [-0.2, 0) is 14.3 Å². The van der Waals surface area contributed by atoms with Crippen LogP contribution >= 0.6 is 0 Å². The van der Waals surface area contributed by atoms with Crippen LogP contribution < -0.4 is 0 Å². The molecule has 0 amide bonds. The monoisotopic (exact) mass is 376 g/mol. The van der Waals surface area contributed by atoms with E-state index in [1.165, 1.54) is 0 Å². The molecule has 26 heavy (non-hydrogen) atoms. The molecule has 0 aromatic carbocycles. The predicted octanol–water partition coefficient (Wildman–Crippen LogP) is 3.17. The van der Waals surface area contributed by atoms with Crippen molar-refractivity contribution in [2.45, 2.75) is 89.3 Å². The van der Waals surface area contributed by atoms with Gasteiger partial charge < -0.3 is 19.7 Å². The van der Waals surface area contributed by atoms with Crippen molar-refractivity contribution >= 4 is 35.5 Å². The number of fused-ring (bicyclic) bond motifs is 2. The number of carbonyl (C=O) groups is 1. The zero-order valence-electron chi connectivity index (χ0n) is 15.2. The summed E-state index contributed by atoms with van der Waals surface area (Å²) in [6.07, 6.45) is 15.4. The van der Waals surface area contributed by atoms with Crippen LogP contribution in [0.1, 0.15) is 64.7 Å². The predicted molar refractivity (Wildman–Crippen MR) is 103 cm³/mol. The molecule has 6 heteroatoms. The van der Waals surface area contributed by atoms with Gasteiger partial charge in [0.2, 0.25) is 0 Å². The van der Waals surface area contributed by atoms with Gasteiger partial charge in [0.25, 0.3) is 0 Å². The van der Waals surface area contributed by atoms with E-state index >= 15 is 0 Å². The van der Waals surface area contributed by atoms with Crippen LogP contribution in [0.25, 0.3) is 0 Å². The Labute approximate surface area is 179 Å². The molecule has 3 saturated heterocycles. The van der Waals surface area contributed by atoms with Crippen LogP contribution in [0.4, 0.5) is 0 Å². The van der Waals surface area contributed by atoms with Crippen LogP contribution in [0, 0.1) is 5.92 Å². The molecule has 5 atom stereocenters. The van der Waals surface area contributed by atoms with Crippen LogP contribution in [0.3, 0.4) is 0 Å². The van der Waals surface area contributed by atoms with Crippen molar-refractivity contribution in [2.75, 3.05) is 0 Å². The van der Waals surface area contributed by atoms with E-state index < -0.39 is 12.1 Å². The van der Waals surface area contributed by atoms with Crippen molar-refractivity contribution in [1.29, 1.82) is 0 Å². The maximum atomic E-state index is 10.5. The second-order valence-electron chi connectivity index (χ2n) is 7.05. The van der Waals surface area contributed by atoms with Crippen LogP contribution in [0.5, 0.6) is 0 Å². The molecule has 3 fully saturated rings. The number of carboxylic acid groups (broad SMARTS) is 1. The van der Waals surface area contributed by atoms with E-state index in [1.54, 1.807) is 0 Å². The van der Waals surface area contributed by atoms with Crippen LogP contribution in [0.2, 0.25) is 0 Å². The first-order valence-corrected chi connectivity index (χ1v) is 9.64. The zero-order chi connectivity index (χ0) is 18.1. The van der Waals surface area contributed by atoms with Gasteiger partial charge in [-0.05, 0) is 25.7 Å². The fourth-order valence-electron chi connectivity index (χ4n) is 3.38. The minimum absolute atomic E-state index is 0. The minimum atomic E-state index is -0.745. The van der Waals surface area contributed by atoms with Gasteiger partial charge in [-0.1, -0.05) is 50.5 Å². The first-order chi connectivity index (χ1) is 12.1. The second-order valence-corrected chi connectivity index (χ2v) is 7.05. The Bertz CT molecular complexity index is 459. The summed E-state index contributed by atoms with van der Waals surface area (Å²) in [6.45, 7) is 2.16. The number of allylic oxidation sites excluding steroid dienone is 2. The third-order valence-corrected chi connectivity index (χ3v) is 4.92. The Balaban J connectivity index is 0.00000338. The summed E-state index contributed by atoms with van der Waals surface area (Å²) in [4.78, 5) is 10.5. The van der Waals surface area contributed by atoms with Crippen molar-refractivity contribution < 1.29 is 24.5 Å². The molecule has 2 bridgehead atoms. The van der Waals surface area contributed by atoms with Crippen LogP contribution in [-0.4, -0.2) is 70.3 Å². The molecule has 3 aliphatic heterocycles. The van der Waals surface area contributed by atoms with Crippen molar-refractivity contribution in [3.05, 3.63) is 24.3 Å². The summed E-state index contributed by atoms with van der Waals surface area (Å²) in [7, 11) is 0. The Morgan fingerprint density at radius 2 is 2.00 bits per heavy atom. The first-order valence-electron chi connectivity index (χ1n) is 9.64. The molecular formula is C20H33NaO5. The van der Waals surface area contributed by atoms with E-state index in [1.807, 2.05) is 18.2 Å². The Hall–Kier alpha value is -0.170. The summed E-state index contributed by atoms with van der Waals surface area (Å²) < 4.78 is 11.6. The van der Waals surface area contributed by atoms with E-state index in [0.29, 0.717) is 6.42 Å². The van der Waals surface area contributed by atoms with Gasteiger partial charge in [0.1, 0.15) is 0 Å². The maximum absolute atomic E-state index is 10.5. The molecule has 3 rings (SSSR count). The van der Waals surface area contributed by atoms with Gasteiger partial charge in [0.15, 0.2) is 6.29 Å². The molecule has 0 spiro atoms. The number of hydrogen-bond acceptors (Lipinski definition) is 4. The fraction of sp³-hybridized carbons (Fsp3) is 0.750. The fourth-order valence-corrected chi connectivity index (χ4v) is 3.38. The van der Waals surface area contributed by atoms with E-state index in [9.17, 15) is 9.90 Å². The second kappa shape index (κ2) is 13.1. The molecule has 3 heterocycles. The van der Waals surface area contributed by atoms with E-state index in [4.69, 9.17) is 14.6 Å². The summed E-state index contributed by atoms with van der Waals surface area (Å²) in [5, 5.41) is 18.7. The molecule has 3 aliphatic rings. The Morgan fingerprint density at radius 3 is 2.69 bits per heavy atom. The summed E-state index contributed by atoms with van der Waals surface area (Å²) in [5.74, 6) is -0.481. The van der Waals surface area contributed by atoms with Crippen molar-refractivity contribution in [2.24, 2.45) is 5.92 Å². The standard InChI is InChI=1S/C20H32O5.Na.H/c1-2-3-6-9-15(21)12-13-17-16(18-14-20(24-17)25-18)10-7-4-5-8-11-19(22)23;;/h4,7,12-13,15-18,20-21H,2-3,5-6,8-11,14H2,1H3,(H,22,23);;/b7-4-,13-12+;;/t15-,16+,17+,18-,20+;;/m0../s1. The molecular weight excluding hydrogens is 343 g/mol. The molecule has 5 nitrogen and oxygen atoms in total. The quantitative estimate of drug-likeness (QED) is 0.311. The number of ether oxygens (including phenoxy) is 2. The van der Waals surface area contributed by atoms with Crippen molar-refractivity contribution in [1.82, 2.24) is 0 Å². The SMILES string of the molecule is CCCCC[C@H](O)/C=C/[C@H]1O[C@H]2C[C@H](O2)[C@@H]1C/C=C\CCCC(=O)O.[NaH]. The molecule has 144 valence electrons. The molecule has 2 N–H and O–H groups in total. The number of aliphatic hydroxyl groups excluding tert-OH is 1. The van der Waals surface area contributed by atoms with E-state index in [-0.39, 0.29) is 60.4 Å². The molecule has 0 aromatic heterocycles. The van der Waals surface area contributed by atoms with Crippen molar-refractivity contribution in [3.8, 4) is 0 Å². The average molecular weight is 376 g/mol. The topological polar surface area (TPSA) is 76.0 Å². The number of rotatable bonds is 12. The van der Waals surface area contributed by atoms with Gasteiger partial charge in [0, 0.05) is 18.8 Å². The normalized spacial score (nSPS) is 28.7. The van der Waals surface area contributed by atoms with Gasteiger partial charge in [-0.25, -0.2) is 0 Å². The molecule has 0 unspecified atom stereocenters. The Kier molecular flexibility index (Phi) is 12.0. The molecule has 0 radical (unpaired) electrons. The first kappa shape index (κ1) is 23.9. The third-order valence-electron chi connectivity index (χ3n) is 4.92. The van der Waals surface area contributed by atoms with Gasteiger partial charge >= 0.3 is 35.5 Å². The number of unbranched alkanes of at least 4 members (excludes halogenated alkanes) is 3. The molecule has 0 saturated carbocycles. The van der Waals surface area contributed by atoms with Gasteiger partial charge in [0.05, 0.1) is 18.3 Å². The van der Waals surface area contributed by atoms with Gasteiger partial charge in [-0.2, -0.15) is 0 Å². The average Bonchev–Trinajstić information content (AvgIpc) is 2.55.